The molecule has 1 amide bonds. The van der Waals surface area contributed by atoms with Crippen molar-refractivity contribution in [3.05, 3.63) is 90.5 Å². The molecule has 186 valence electrons. The molecule has 2 aliphatic rings. The molecule has 4 aromatic rings. The average molecular weight is 551 g/mol. The molecule has 3 aromatic carbocycles. The highest BCUT2D eigenvalue weighted by atomic mass is 35.5. The Balaban J connectivity index is 1.48. The monoisotopic (exact) mass is 550 g/mol. The summed E-state index contributed by atoms with van der Waals surface area (Å²) in [5.41, 5.74) is 1.58. The van der Waals surface area contributed by atoms with Crippen molar-refractivity contribution in [3.63, 3.8) is 0 Å². The van der Waals surface area contributed by atoms with Crippen LogP contribution in [0.1, 0.15) is 12.0 Å². The maximum atomic E-state index is 13.2. The van der Waals surface area contributed by atoms with Gasteiger partial charge in [0.1, 0.15) is 0 Å². The first kappa shape index (κ1) is 23.8. The van der Waals surface area contributed by atoms with Gasteiger partial charge in [0, 0.05) is 6.42 Å². The second kappa shape index (κ2) is 8.77. The van der Waals surface area contributed by atoms with Gasteiger partial charge in [-0.15, -0.1) is 11.6 Å². The number of carbonyl (C=O) groups is 1. The highest BCUT2D eigenvalue weighted by molar-refractivity contribution is 7.85. The predicted octanol–water partition coefficient (Wildman–Crippen LogP) is 5.17. The number of β-lactam (4-membered cyclic amide) rings is 1. The summed E-state index contributed by atoms with van der Waals surface area (Å²) in [6.45, 7) is 0. The number of hydrogen-bond donors (Lipinski definition) is 1. The fraction of sp³-hybridized carbons (Fsp3) is 0.115. The van der Waals surface area contributed by atoms with E-state index >= 15 is 0 Å². The van der Waals surface area contributed by atoms with Crippen molar-refractivity contribution in [2.45, 2.75) is 22.4 Å². The highest BCUT2D eigenvalue weighted by Gasteiger charge is 2.67. The number of nitrogens with zero attached hydrogens (tertiary/aromatic N) is 4. The lowest BCUT2D eigenvalue weighted by atomic mass is 9.87. The molecule has 1 aromatic heterocycles. The topological polar surface area (TPSA) is 103 Å². The van der Waals surface area contributed by atoms with Crippen LogP contribution in [0.15, 0.2) is 94.9 Å². The highest BCUT2D eigenvalue weighted by Crippen LogP contribution is 2.51. The molecule has 0 bridgehead atoms. The number of anilines is 2. The zero-order valence-corrected chi connectivity index (χ0v) is 21.5. The second-order valence-corrected chi connectivity index (χ2v) is 11.5. The van der Waals surface area contributed by atoms with Crippen LogP contribution in [0.5, 0.6) is 0 Å². The van der Waals surface area contributed by atoms with Crippen LogP contribution in [-0.2, 0) is 14.9 Å². The Morgan fingerprint density at radius 2 is 1.78 bits per heavy atom. The average Bonchev–Trinajstić information content (AvgIpc) is 3.50. The van der Waals surface area contributed by atoms with Crippen molar-refractivity contribution >= 4 is 71.8 Å². The van der Waals surface area contributed by atoms with E-state index in [4.69, 9.17) is 16.7 Å². The van der Waals surface area contributed by atoms with Crippen molar-refractivity contribution in [2.75, 3.05) is 9.91 Å². The number of halogens is 1. The van der Waals surface area contributed by atoms with Crippen molar-refractivity contribution in [2.24, 2.45) is 5.10 Å². The number of hydrogen-bond acceptors (Lipinski definition) is 7. The number of hydrazone groups is 1. The molecule has 0 aliphatic carbocycles. The molecule has 2 atom stereocenters. The normalized spacial score (nSPS) is 21.7. The Labute approximate surface area is 221 Å². The quantitative estimate of drug-likeness (QED) is 0.209. The number of thiazole rings is 1. The minimum atomic E-state index is -4.46. The van der Waals surface area contributed by atoms with Gasteiger partial charge in [-0.3, -0.25) is 14.2 Å². The van der Waals surface area contributed by atoms with Crippen molar-refractivity contribution in [3.8, 4) is 0 Å². The summed E-state index contributed by atoms with van der Waals surface area (Å²) in [5, 5.41) is 5.84. The summed E-state index contributed by atoms with van der Waals surface area (Å²) in [7, 11) is -4.46. The van der Waals surface area contributed by atoms with E-state index < -0.39 is 21.2 Å². The third kappa shape index (κ3) is 3.93. The zero-order chi connectivity index (χ0) is 25.8. The van der Waals surface area contributed by atoms with Gasteiger partial charge in [0.2, 0.25) is 0 Å². The van der Waals surface area contributed by atoms with E-state index in [0.717, 1.165) is 15.8 Å². The van der Waals surface area contributed by atoms with Gasteiger partial charge in [-0.2, -0.15) is 13.5 Å². The Morgan fingerprint density at radius 3 is 2.54 bits per heavy atom. The van der Waals surface area contributed by atoms with E-state index in [9.17, 15) is 17.8 Å². The number of rotatable bonds is 5. The summed E-state index contributed by atoms with van der Waals surface area (Å²) < 4.78 is 34.3. The number of allylic oxidation sites excluding steroid dienone is 1. The fourth-order valence-electron chi connectivity index (χ4n) is 4.63. The molecule has 2 unspecified atom stereocenters. The minimum Gasteiger partial charge on any atom is -0.282 e. The van der Waals surface area contributed by atoms with Crippen molar-refractivity contribution < 1.29 is 17.8 Å². The number of carbonyl (C=O) groups excluding carboxylic acids is 1. The van der Waals surface area contributed by atoms with Crippen LogP contribution in [0.3, 0.4) is 0 Å². The largest absolute Gasteiger partial charge is 0.294 e. The van der Waals surface area contributed by atoms with E-state index in [1.54, 1.807) is 16.0 Å². The van der Waals surface area contributed by atoms with Crippen LogP contribution >= 0.6 is 22.9 Å². The van der Waals surface area contributed by atoms with E-state index in [-0.39, 0.29) is 17.2 Å². The standard InChI is InChI=1S/C26H19ClN4O4S2/c27-23-24(32)30(25-28-21-11-4-5-12-22(21)36-25)26(23)16-18(14-13-17-7-2-1-3-8-17)29-31(26)19-9-6-10-20(15-19)37(33,34)35/h1-15,23H,16H2,(H,33,34,35)/b14-13+. The third-order valence-electron chi connectivity index (χ3n) is 6.37. The van der Waals surface area contributed by atoms with Crippen LogP contribution < -0.4 is 9.91 Å². The van der Waals surface area contributed by atoms with E-state index in [1.165, 1.54) is 29.5 Å². The summed E-state index contributed by atoms with van der Waals surface area (Å²) in [6, 6.07) is 23.1. The van der Waals surface area contributed by atoms with Crippen LogP contribution in [0.4, 0.5) is 10.8 Å². The Hall–Kier alpha value is -3.57. The van der Waals surface area contributed by atoms with Crippen LogP contribution in [0.2, 0.25) is 0 Å². The predicted molar refractivity (Wildman–Crippen MR) is 146 cm³/mol. The Bertz CT molecular complexity index is 1670. The third-order valence-corrected chi connectivity index (χ3v) is 8.78. The molecular weight excluding hydrogens is 532 g/mol. The molecule has 1 N–H and O–H groups in total. The fourth-order valence-corrected chi connectivity index (χ4v) is 6.56. The number of para-hydroxylation sites is 1. The Morgan fingerprint density at radius 1 is 1.03 bits per heavy atom. The number of amides is 1. The van der Waals surface area contributed by atoms with Gasteiger partial charge in [-0.25, -0.2) is 9.99 Å². The minimum absolute atomic E-state index is 0.280. The zero-order valence-electron chi connectivity index (χ0n) is 19.1. The van der Waals surface area contributed by atoms with Gasteiger partial charge >= 0.3 is 0 Å². The van der Waals surface area contributed by atoms with Crippen LogP contribution in [-0.4, -0.2) is 40.6 Å². The van der Waals surface area contributed by atoms with Crippen molar-refractivity contribution in [1.29, 1.82) is 0 Å². The van der Waals surface area contributed by atoms with E-state index in [0.29, 0.717) is 16.5 Å². The van der Waals surface area contributed by atoms with Gasteiger partial charge in [0.25, 0.3) is 16.0 Å². The Kier molecular flexibility index (Phi) is 5.64. The number of alkyl halides is 1. The summed E-state index contributed by atoms with van der Waals surface area (Å²) >= 11 is 8.11. The molecule has 2 aliphatic heterocycles. The molecule has 11 heteroatoms. The molecule has 37 heavy (non-hydrogen) atoms. The van der Waals surface area contributed by atoms with Gasteiger partial charge in [0.05, 0.1) is 26.5 Å². The van der Waals surface area contributed by atoms with Crippen LogP contribution in [0.25, 0.3) is 16.3 Å². The smallest absolute Gasteiger partial charge is 0.282 e. The summed E-state index contributed by atoms with van der Waals surface area (Å²) in [6.07, 6.45) is 4.05. The molecule has 8 nitrogen and oxygen atoms in total. The molecular formula is C26H19ClN4O4S2. The van der Waals surface area contributed by atoms with E-state index in [1.807, 2.05) is 66.7 Å². The summed E-state index contributed by atoms with van der Waals surface area (Å²) in [4.78, 5) is 19.2. The molecule has 3 heterocycles. The second-order valence-electron chi connectivity index (χ2n) is 8.68. The SMILES string of the molecule is O=C1C(Cl)C2(CC(/C=C/c3ccccc3)=NN2c2cccc(S(=O)(=O)O)c2)N1c1nc2ccccc2s1. The number of aromatic nitrogens is 1. The lowest BCUT2D eigenvalue weighted by Gasteiger charge is -2.55. The maximum Gasteiger partial charge on any atom is 0.294 e. The molecule has 6 rings (SSSR count). The van der Waals surface area contributed by atoms with Crippen molar-refractivity contribution in [1.82, 2.24) is 4.98 Å². The molecule has 1 spiro atoms. The first-order chi connectivity index (χ1) is 17.8. The molecule has 1 saturated heterocycles. The first-order valence-corrected chi connectivity index (χ1v) is 14.0. The van der Waals surface area contributed by atoms with E-state index in [2.05, 4.69) is 4.98 Å². The van der Waals surface area contributed by atoms with Gasteiger partial charge in [-0.05, 0) is 42.0 Å². The van der Waals surface area contributed by atoms with Gasteiger partial charge in [0.15, 0.2) is 16.2 Å². The van der Waals surface area contributed by atoms with Crippen LogP contribution in [0, 0.1) is 0 Å². The lowest BCUT2D eigenvalue weighted by Crippen LogP contribution is -2.78. The van der Waals surface area contributed by atoms with Gasteiger partial charge < -0.3 is 0 Å². The number of benzene rings is 3. The summed E-state index contributed by atoms with van der Waals surface area (Å²) in [5.74, 6) is -0.319. The number of fused-ring (bicyclic) bond motifs is 1. The molecule has 0 saturated carbocycles. The molecule has 1 fully saturated rings. The maximum absolute atomic E-state index is 13.2. The molecule has 0 radical (unpaired) electrons. The van der Waals surface area contributed by atoms with Gasteiger partial charge in [-0.1, -0.05) is 65.9 Å². The first-order valence-electron chi connectivity index (χ1n) is 11.3. The lowest BCUT2D eigenvalue weighted by molar-refractivity contribution is -0.126.